The van der Waals surface area contributed by atoms with E-state index in [1.54, 1.807) is 0 Å². The van der Waals surface area contributed by atoms with Crippen LogP contribution in [0.3, 0.4) is 0 Å². The minimum atomic E-state index is -0.570. The van der Waals surface area contributed by atoms with Gasteiger partial charge in [-0.3, -0.25) is 14.4 Å². The van der Waals surface area contributed by atoms with Crippen LogP contribution in [0.25, 0.3) is 0 Å². The molecule has 19 heavy (non-hydrogen) atoms. The van der Waals surface area contributed by atoms with Gasteiger partial charge in [-0.15, -0.1) is 0 Å². The second-order valence-corrected chi connectivity index (χ2v) is 4.89. The molecule has 0 bridgehead atoms. The van der Waals surface area contributed by atoms with E-state index in [9.17, 15) is 14.4 Å². The highest BCUT2D eigenvalue weighted by Gasteiger charge is 2.15. The summed E-state index contributed by atoms with van der Waals surface area (Å²) in [6, 6.07) is 2.86. The number of rotatable bonds is 4. The van der Waals surface area contributed by atoms with Crippen LogP contribution in [-0.2, 0) is 20.8 Å². The highest BCUT2D eigenvalue weighted by atomic mass is 79.9. The lowest BCUT2D eigenvalue weighted by Crippen LogP contribution is -2.08. The minimum absolute atomic E-state index is 0.0449. The number of carbonyl (C=O) groups is 3. The topological polar surface area (TPSA) is 69.7 Å². The highest BCUT2D eigenvalue weighted by Crippen LogP contribution is 2.34. The summed E-state index contributed by atoms with van der Waals surface area (Å²) in [6.45, 7) is 2.44. The molecule has 0 fully saturated rings. The molecule has 0 heterocycles. The van der Waals surface area contributed by atoms with Crippen LogP contribution in [-0.4, -0.2) is 17.2 Å². The Bertz CT molecular complexity index is 541. The molecule has 0 aromatic heterocycles. The van der Waals surface area contributed by atoms with E-state index < -0.39 is 17.2 Å². The molecule has 1 aromatic carbocycles. The number of hydrogen-bond acceptors (Lipinski definition) is 5. The number of benzene rings is 1. The fraction of sp³-hybridized carbons (Fsp3) is 0.250. The first-order valence-electron chi connectivity index (χ1n) is 5.17. The van der Waals surface area contributed by atoms with Crippen molar-refractivity contribution in [2.24, 2.45) is 0 Å². The van der Waals surface area contributed by atoms with Gasteiger partial charge in [-0.25, -0.2) is 0 Å². The standard InChI is InChI=1S/C12H10BrClO5/c1-6(15)18-10-3-8(4-12(14)17)9(13)5-11(10)19-7(2)16/h3,5H,4H2,1-2H3. The van der Waals surface area contributed by atoms with E-state index in [0.29, 0.717) is 10.0 Å². The number of esters is 2. The van der Waals surface area contributed by atoms with Crippen molar-refractivity contribution in [3.63, 3.8) is 0 Å². The van der Waals surface area contributed by atoms with Crippen molar-refractivity contribution in [2.75, 3.05) is 0 Å². The van der Waals surface area contributed by atoms with Crippen LogP contribution in [0.2, 0.25) is 0 Å². The molecule has 0 spiro atoms. The summed E-state index contributed by atoms with van der Waals surface area (Å²) in [5.74, 6) is -0.987. The Balaban J connectivity index is 3.23. The molecule has 1 rings (SSSR count). The van der Waals surface area contributed by atoms with Crippen LogP contribution in [0.15, 0.2) is 16.6 Å². The number of halogens is 2. The molecule has 0 unspecified atom stereocenters. The smallest absolute Gasteiger partial charge is 0.308 e. The maximum Gasteiger partial charge on any atom is 0.308 e. The third kappa shape index (κ3) is 5.00. The number of hydrogen-bond donors (Lipinski definition) is 0. The van der Waals surface area contributed by atoms with Crippen LogP contribution in [0, 0.1) is 0 Å². The fourth-order valence-electron chi connectivity index (χ4n) is 1.33. The van der Waals surface area contributed by atoms with Crippen LogP contribution in [0.1, 0.15) is 19.4 Å². The van der Waals surface area contributed by atoms with E-state index >= 15 is 0 Å². The summed E-state index contributed by atoms with van der Waals surface area (Å²) in [5.41, 5.74) is 0.521. The summed E-state index contributed by atoms with van der Waals surface area (Å²) in [6.07, 6.45) is -0.0449. The van der Waals surface area contributed by atoms with E-state index in [0.717, 1.165) is 0 Å². The monoisotopic (exact) mass is 348 g/mol. The van der Waals surface area contributed by atoms with Crippen molar-refractivity contribution in [2.45, 2.75) is 20.3 Å². The van der Waals surface area contributed by atoms with Gasteiger partial charge in [0.25, 0.3) is 0 Å². The molecule has 0 N–H and O–H groups in total. The van der Waals surface area contributed by atoms with Crippen LogP contribution >= 0.6 is 27.5 Å². The highest BCUT2D eigenvalue weighted by molar-refractivity contribution is 9.10. The quantitative estimate of drug-likeness (QED) is 0.475. The number of ether oxygens (including phenoxy) is 2. The molecule has 0 amide bonds. The lowest BCUT2D eigenvalue weighted by molar-refractivity contribution is -0.134. The van der Waals surface area contributed by atoms with Gasteiger partial charge in [-0.1, -0.05) is 15.9 Å². The molecule has 0 saturated heterocycles. The zero-order valence-electron chi connectivity index (χ0n) is 10.2. The Kier molecular flexibility index (Phi) is 5.50. The Morgan fingerprint density at radius 1 is 1.11 bits per heavy atom. The molecule has 0 aliphatic rings. The van der Waals surface area contributed by atoms with Gasteiger partial charge in [0.2, 0.25) is 5.24 Å². The third-order valence-electron chi connectivity index (χ3n) is 1.95. The fourth-order valence-corrected chi connectivity index (χ4v) is 1.94. The first-order valence-corrected chi connectivity index (χ1v) is 6.34. The molecule has 0 radical (unpaired) electrons. The molecular formula is C12H10BrClO5. The SMILES string of the molecule is CC(=O)Oc1cc(Br)c(CC(=O)Cl)cc1OC(C)=O. The maximum absolute atomic E-state index is 11.0. The van der Waals surface area contributed by atoms with Crippen molar-refractivity contribution in [3.05, 3.63) is 22.2 Å². The average Bonchev–Trinajstić information content (AvgIpc) is 2.22. The summed E-state index contributed by atoms with van der Waals surface area (Å²) >= 11 is 8.54. The van der Waals surface area contributed by atoms with Gasteiger partial charge in [-0.2, -0.15) is 0 Å². The van der Waals surface area contributed by atoms with Gasteiger partial charge in [0.1, 0.15) is 0 Å². The molecule has 0 atom stereocenters. The van der Waals surface area contributed by atoms with E-state index in [1.165, 1.54) is 26.0 Å². The zero-order valence-corrected chi connectivity index (χ0v) is 12.5. The number of carbonyl (C=O) groups excluding carboxylic acids is 3. The average molecular weight is 350 g/mol. The Morgan fingerprint density at radius 3 is 2.00 bits per heavy atom. The van der Waals surface area contributed by atoms with Gasteiger partial charge < -0.3 is 9.47 Å². The summed E-state index contributed by atoms with van der Waals surface area (Å²) in [4.78, 5) is 32.9. The van der Waals surface area contributed by atoms with Crippen molar-refractivity contribution in [3.8, 4) is 11.5 Å². The predicted octanol–water partition coefficient (Wildman–Crippen LogP) is 2.61. The molecule has 102 valence electrons. The molecule has 0 saturated carbocycles. The maximum atomic E-state index is 11.0. The molecule has 0 aliphatic heterocycles. The third-order valence-corrected chi connectivity index (χ3v) is 2.82. The first kappa shape index (κ1) is 15.7. The van der Waals surface area contributed by atoms with E-state index in [1.807, 2.05) is 0 Å². The normalized spacial score (nSPS) is 9.89. The van der Waals surface area contributed by atoms with Gasteiger partial charge in [0.15, 0.2) is 11.5 Å². The van der Waals surface area contributed by atoms with Crippen molar-refractivity contribution in [1.82, 2.24) is 0 Å². The van der Waals surface area contributed by atoms with Crippen molar-refractivity contribution >= 4 is 44.7 Å². The Hall–Kier alpha value is -1.40. The second-order valence-electron chi connectivity index (χ2n) is 3.61. The molecule has 5 nitrogen and oxygen atoms in total. The van der Waals surface area contributed by atoms with Gasteiger partial charge in [-0.05, 0) is 29.3 Å². The summed E-state index contributed by atoms with van der Waals surface area (Å²) < 4.78 is 10.4. The van der Waals surface area contributed by atoms with E-state index in [4.69, 9.17) is 21.1 Å². The lowest BCUT2D eigenvalue weighted by Gasteiger charge is -2.11. The van der Waals surface area contributed by atoms with Gasteiger partial charge in [0.05, 0.1) is 0 Å². The van der Waals surface area contributed by atoms with Crippen molar-refractivity contribution in [1.29, 1.82) is 0 Å². The lowest BCUT2D eigenvalue weighted by atomic mass is 10.1. The molecule has 7 heteroatoms. The first-order chi connectivity index (χ1) is 8.79. The van der Waals surface area contributed by atoms with E-state index in [2.05, 4.69) is 15.9 Å². The van der Waals surface area contributed by atoms with Crippen LogP contribution in [0.5, 0.6) is 11.5 Å². The zero-order chi connectivity index (χ0) is 14.6. The summed E-state index contributed by atoms with van der Waals surface area (Å²) in [5, 5.41) is -0.560. The molecular weight excluding hydrogens is 339 g/mol. The van der Waals surface area contributed by atoms with Gasteiger partial charge in [0, 0.05) is 24.7 Å². The second kappa shape index (κ2) is 6.68. The molecule has 0 aliphatic carbocycles. The Labute approximate surface area is 123 Å². The molecule has 1 aromatic rings. The Morgan fingerprint density at radius 2 is 1.58 bits per heavy atom. The summed E-state index contributed by atoms with van der Waals surface area (Å²) in [7, 11) is 0. The van der Waals surface area contributed by atoms with E-state index in [-0.39, 0.29) is 17.9 Å². The van der Waals surface area contributed by atoms with Gasteiger partial charge >= 0.3 is 11.9 Å². The predicted molar refractivity (Wildman–Crippen MR) is 71.3 cm³/mol. The van der Waals surface area contributed by atoms with Crippen LogP contribution < -0.4 is 9.47 Å². The van der Waals surface area contributed by atoms with Crippen LogP contribution in [0.4, 0.5) is 0 Å². The largest absolute Gasteiger partial charge is 0.423 e. The van der Waals surface area contributed by atoms with Crippen molar-refractivity contribution < 1.29 is 23.9 Å². The minimum Gasteiger partial charge on any atom is -0.423 e.